The third-order valence-corrected chi connectivity index (χ3v) is 6.74. The fraction of sp³-hybridized carbons (Fsp3) is 0.0370. The number of benzene rings is 2. The molecule has 0 aliphatic carbocycles. The minimum absolute atomic E-state index is 0.186. The summed E-state index contributed by atoms with van der Waals surface area (Å²) in [5.74, 6) is -0.700. The molecule has 176 valence electrons. The van der Waals surface area contributed by atoms with Crippen LogP contribution in [0.5, 0.6) is 0 Å². The van der Waals surface area contributed by atoms with Crippen molar-refractivity contribution in [3.63, 3.8) is 0 Å². The van der Waals surface area contributed by atoms with Gasteiger partial charge in [-0.1, -0.05) is 30.3 Å². The van der Waals surface area contributed by atoms with Crippen LogP contribution >= 0.6 is 11.3 Å². The van der Waals surface area contributed by atoms with Crippen molar-refractivity contribution in [2.24, 2.45) is 0 Å². The van der Waals surface area contributed by atoms with Gasteiger partial charge in [0.15, 0.2) is 0 Å². The standard InChI is InChI=1S/C27H18FN5O2S/c28-19-8-4-17(5-9-19)21-15-36-26-25(21)27(35)33(16-29-26)14-24(34)30-20-10-6-18(7-11-20)22-13-32-12-2-1-3-23(32)31-22/h1-13,15-16H,14H2,(H,30,34). The number of nitrogens with one attached hydrogen (secondary N) is 1. The lowest BCUT2D eigenvalue weighted by Gasteiger charge is -2.08. The highest BCUT2D eigenvalue weighted by Crippen LogP contribution is 2.30. The normalized spacial score (nSPS) is 11.2. The number of rotatable bonds is 5. The van der Waals surface area contributed by atoms with Crippen LogP contribution in [0.4, 0.5) is 10.1 Å². The maximum Gasteiger partial charge on any atom is 0.263 e. The van der Waals surface area contributed by atoms with Crippen LogP contribution in [0.25, 0.3) is 38.2 Å². The molecule has 2 aromatic carbocycles. The zero-order valence-electron chi connectivity index (χ0n) is 18.8. The molecule has 0 unspecified atom stereocenters. The predicted octanol–water partition coefficient (Wildman–Crippen LogP) is 5.22. The molecule has 0 fully saturated rings. The molecule has 4 heterocycles. The summed E-state index contributed by atoms with van der Waals surface area (Å²) in [6, 6.07) is 19.1. The molecule has 7 nitrogen and oxygen atoms in total. The summed E-state index contributed by atoms with van der Waals surface area (Å²) in [6.07, 6.45) is 5.26. The number of thiophene rings is 1. The first-order valence-electron chi connectivity index (χ1n) is 11.1. The molecule has 0 radical (unpaired) electrons. The van der Waals surface area contributed by atoms with Gasteiger partial charge >= 0.3 is 0 Å². The highest BCUT2D eigenvalue weighted by Gasteiger charge is 2.15. The topological polar surface area (TPSA) is 81.3 Å². The number of hydrogen-bond donors (Lipinski definition) is 1. The Morgan fingerprint density at radius 1 is 1.00 bits per heavy atom. The summed E-state index contributed by atoms with van der Waals surface area (Å²) >= 11 is 1.33. The Balaban J connectivity index is 1.21. The van der Waals surface area contributed by atoms with Gasteiger partial charge in [0.1, 0.15) is 22.8 Å². The van der Waals surface area contributed by atoms with E-state index in [2.05, 4.69) is 15.3 Å². The van der Waals surface area contributed by atoms with E-state index in [1.54, 1.807) is 24.3 Å². The van der Waals surface area contributed by atoms with E-state index in [1.807, 2.05) is 52.5 Å². The van der Waals surface area contributed by atoms with Crippen LogP contribution in [-0.2, 0) is 11.3 Å². The number of anilines is 1. The van der Waals surface area contributed by atoms with E-state index in [0.717, 1.165) is 22.5 Å². The summed E-state index contributed by atoms with van der Waals surface area (Å²) < 4.78 is 16.6. The van der Waals surface area contributed by atoms with Crippen molar-refractivity contribution in [3.8, 4) is 22.4 Å². The molecule has 0 aliphatic heterocycles. The van der Waals surface area contributed by atoms with Crippen molar-refractivity contribution in [1.29, 1.82) is 0 Å². The third kappa shape index (κ3) is 4.05. The molecule has 0 atom stereocenters. The van der Waals surface area contributed by atoms with Crippen LogP contribution in [0.15, 0.2) is 95.6 Å². The lowest BCUT2D eigenvalue weighted by atomic mass is 10.1. The van der Waals surface area contributed by atoms with Crippen molar-refractivity contribution >= 4 is 38.8 Å². The predicted molar refractivity (Wildman–Crippen MR) is 139 cm³/mol. The minimum Gasteiger partial charge on any atom is -0.325 e. The molecule has 1 amide bonds. The van der Waals surface area contributed by atoms with Crippen LogP contribution in [0.3, 0.4) is 0 Å². The molecule has 0 spiro atoms. The number of fused-ring (bicyclic) bond motifs is 2. The molecule has 0 bridgehead atoms. The van der Waals surface area contributed by atoms with Crippen LogP contribution in [0.2, 0.25) is 0 Å². The summed E-state index contributed by atoms with van der Waals surface area (Å²) in [6.45, 7) is -0.186. The van der Waals surface area contributed by atoms with Crippen molar-refractivity contribution in [3.05, 3.63) is 107 Å². The quantitative estimate of drug-likeness (QED) is 0.356. The van der Waals surface area contributed by atoms with Crippen molar-refractivity contribution < 1.29 is 9.18 Å². The number of hydrogen-bond acceptors (Lipinski definition) is 5. The average Bonchev–Trinajstić information content (AvgIpc) is 3.52. The first-order valence-corrected chi connectivity index (χ1v) is 12.0. The second kappa shape index (κ2) is 8.86. The third-order valence-electron chi connectivity index (χ3n) is 5.86. The van der Waals surface area contributed by atoms with Crippen molar-refractivity contribution in [2.75, 3.05) is 5.32 Å². The Labute approximate surface area is 208 Å². The van der Waals surface area contributed by atoms with Gasteiger partial charge in [-0.3, -0.25) is 14.2 Å². The van der Waals surface area contributed by atoms with Crippen LogP contribution in [0, 0.1) is 5.82 Å². The molecular weight excluding hydrogens is 477 g/mol. The fourth-order valence-corrected chi connectivity index (χ4v) is 4.98. The maximum absolute atomic E-state index is 13.3. The summed E-state index contributed by atoms with van der Waals surface area (Å²) in [7, 11) is 0. The lowest BCUT2D eigenvalue weighted by molar-refractivity contribution is -0.116. The van der Waals surface area contributed by atoms with Gasteiger partial charge in [-0.15, -0.1) is 11.3 Å². The molecule has 4 aromatic heterocycles. The maximum atomic E-state index is 13.3. The van der Waals surface area contributed by atoms with Crippen LogP contribution in [-0.4, -0.2) is 24.8 Å². The van der Waals surface area contributed by atoms with Crippen molar-refractivity contribution in [1.82, 2.24) is 18.9 Å². The zero-order valence-corrected chi connectivity index (χ0v) is 19.6. The number of carbonyl (C=O) groups is 1. The zero-order chi connectivity index (χ0) is 24.6. The first-order chi connectivity index (χ1) is 17.5. The lowest BCUT2D eigenvalue weighted by Crippen LogP contribution is -2.27. The van der Waals surface area contributed by atoms with Gasteiger partial charge in [-0.05, 0) is 42.0 Å². The Morgan fingerprint density at radius 2 is 1.78 bits per heavy atom. The molecular formula is C27H18FN5O2S. The average molecular weight is 496 g/mol. The second-order valence-corrected chi connectivity index (χ2v) is 9.09. The number of nitrogens with zero attached hydrogens (tertiary/aromatic N) is 4. The Kier molecular flexibility index (Phi) is 5.38. The number of amides is 1. The van der Waals surface area contributed by atoms with Crippen LogP contribution in [0.1, 0.15) is 0 Å². The molecule has 1 N–H and O–H groups in total. The highest BCUT2D eigenvalue weighted by atomic mass is 32.1. The van der Waals surface area contributed by atoms with Crippen molar-refractivity contribution in [2.45, 2.75) is 6.54 Å². The molecule has 6 aromatic rings. The second-order valence-electron chi connectivity index (χ2n) is 8.23. The monoisotopic (exact) mass is 495 g/mol. The Bertz CT molecular complexity index is 1750. The fourth-order valence-electron chi connectivity index (χ4n) is 4.08. The van der Waals surface area contributed by atoms with Crippen LogP contribution < -0.4 is 10.9 Å². The summed E-state index contributed by atoms with van der Waals surface area (Å²) in [5.41, 5.74) is 4.29. The van der Waals surface area contributed by atoms with E-state index in [0.29, 0.717) is 21.5 Å². The van der Waals surface area contributed by atoms with E-state index in [-0.39, 0.29) is 23.8 Å². The Hall–Kier alpha value is -4.63. The van der Waals surface area contributed by atoms with E-state index in [9.17, 15) is 14.0 Å². The van der Waals surface area contributed by atoms with Gasteiger partial charge in [0.2, 0.25) is 5.91 Å². The SMILES string of the molecule is O=C(Cn1cnc2scc(-c3ccc(F)cc3)c2c1=O)Nc1ccc(-c2cn3ccccc3n2)cc1. The van der Waals surface area contributed by atoms with E-state index in [4.69, 9.17) is 0 Å². The van der Waals surface area contributed by atoms with E-state index in [1.165, 1.54) is 34.4 Å². The number of carbonyl (C=O) groups excluding carboxylic acids is 1. The van der Waals surface area contributed by atoms with Gasteiger partial charge in [0.25, 0.3) is 5.56 Å². The smallest absolute Gasteiger partial charge is 0.263 e. The van der Waals surface area contributed by atoms with Gasteiger partial charge in [-0.2, -0.15) is 0 Å². The summed E-state index contributed by atoms with van der Waals surface area (Å²) in [5, 5.41) is 5.06. The van der Waals surface area contributed by atoms with Gasteiger partial charge in [0.05, 0.1) is 17.4 Å². The summed E-state index contributed by atoms with van der Waals surface area (Å²) in [4.78, 5) is 35.4. The largest absolute Gasteiger partial charge is 0.325 e. The van der Waals surface area contributed by atoms with Gasteiger partial charge in [0, 0.05) is 34.6 Å². The first kappa shape index (κ1) is 21.9. The Morgan fingerprint density at radius 3 is 2.56 bits per heavy atom. The number of halogens is 1. The molecule has 0 saturated heterocycles. The highest BCUT2D eigenvalue weighted by molar-refractivity contribution is 7.17. The number of pyridine rings is 1. The molecule has 0 saturated carbocycles. The molecule has 6 rings (SSSR count). The number of aromatic nitrogens is 4. The van der Waals surface area contributed by atoms with E-state index >= 15 is 0 Å². The number of imidazole rings is 1. The van der Waals surface area contributed by atoms with Gasteiger partial charge in [-0.25, -0.2) is 14.4 Å². The molecule has 0 aliphatic rings. The van der Waals surface area contributed by atoms with E-state index < -0.39 is 0 Å². The molecule has 36 heavy (non-hydrogen) atoms. The minimum atomic E-state index is -0.350. The van der Waals surface area contributed by atoms with Gasteiger partial charge < -0.3 is 9.72 Å². The molecule has 9 heteroatoms.